The summed E-state index contributed by atoms with van der Waals surface area (Å²) in [5.41, 5.74) is 1.72. The SMILES string of the molecule is CC(C)Nc1ccccc1C(=O)N(C)C1CCCCC1C. The molecule has 1 aliphatic rings. The fraction of sp³-hybridized carbons (Fsp3) is 0.611. The summed E-state index contributed by atoms with van der Waals surface area (Å²) in [4.78, 5) is 14.8. The van der Waals surface area contributed by atoms with Crippen molar-refractivity contribution in [3.05, 3.63) is 29.8 Å². The summed E-state index contributed by atoms with van der Waals surface area (Å²) < 4.78 is 0. The Morgan fingerprint density at radius 1 is 1.24 bits per heavy atom. The van der Waals surface area contributed by atoms with Gasteiger partial charge in [-0.15, -0.1) is 0 Å². The molecule has 0 spiro atoms. The van der Waals surface area contributed by atoms with Gasteiger partial charge in [-0.25, -0.2) is 0 Å². The summed E-state index contributed by atoms with van der Waals surface area (Å²) in [6, 6.07) is 8.53. The number of hydrogen-bond acceptors (Lipinski definition) is 2. The molecule has 1 fully saturated rings. The third-order valence-electron chi connectivity index (χ3n) is 4.49. The van der Waals surface area contributed by atoms with Crippen molar-refractivity contribution >= 4 is 11.6 Å². The second-order valence-electron chi connectivity index (χ2n) is 6.59. The van der Waals surface area contributed by atoms with Crippen molar-refractivity contribution in [1.82, 2.24) is 4.90 Å². The monoisotopic (exact) mass is 288 g/mol. The van der Waals surface area contributed by atoms with Crippen LogP contribution in [-0.4, -0.2) is 29.9 Å². The zero-order valence-electron chi connectivity index (χ0n) is 13.7. The molecular formula is C18H28N2O. The summed E-state index contributed by atoms with van der Waals surface area (Å²) >= 11 is 0. The molecule has 0 radical (unpaired) electrons. The van der Waals surface area contributed by atoms with Crippen LogP contribution in [0.3, 0.4) is 0 Å². The highest BCUT2D eigenvalue weighted by Gasteiger charge is 2.29. The van der Waals surface area contributed by atoms with Crippen LogP contribution in [0.2, 0.25) is 0 Å². The van der Waals surface area contributed by atoms with E-state index in [0.717, 1.165) is 17.7 Å². The Labute approximate surface area is 128 Å². The lowest BCUT2D eigenvalue weighted by molar-refractivity contribution is 0.0630. The van der Waals surface area contributed by atoms with Crippen LogP contribution in [0.4, 0.5) is 5.69 Å². The van der Waals surface area contributed by atoms with Crippen LogP contribution < -0.4 is 5.32 Å². The van der Waals surface area contributed by atoms with Gasteiger partial charge in [-0.3, -0.25) is 4.79 Å². The van der Waals surface area contributed by atoms with Crippen LogP contribution in [-0.2, 0) is 0 Å². The average Bonchev–Trinajstić information content (AvgIpc) is 2.46. The van der Waals surface area contributed by atoms with E-state index < -0.39 is 0 Å². The lowest BCUT2D eigenvalue weighted by atomic mass is 9.85. The Hall–Kier alpha value is -1.51. The van der Waals surface area contributed by atoms with Gasteiger partial charge in [0.2, 0.25) is 0 Å². The molecule has 2 atom stereocenters. The first kappa shape index (κ1) is 15.9. The average molecular weight is 288 g/mol. The highest BCUT2D eigenvalue weighted by Crippen LogP contribution is 2.29. The van der Waals surface area contributed by atoms with Crippen LogP contribution in [0, 0.1) is 5.92 Å². The van der Waals surface area contributed by atoms with Crippen molar-refractivity contribution in [1.29, 1.82) is 0 Å². The van der Waals surface area contributed by atoms with E-state index in [1.807, 2.05) is 36.2 Å². The van der Waals surface area contributed by atoms with Gasteiger partial charge >= 0.3 is 0 Å². The predicted molar refractivity (Wildman–Crippen MR) is 88.7 cm³/mol. The number of rotatable bonds is 4. The summed E-state index contributed by atoms with van der Waals surface area (Å²) in [5.74, 6) is 0.732. The molecular weight excluding hydrogens is 260 g/mol. The Balaban J connectivity index is 2.19. The number of carbonyl (C=O) groups is 1. The fourth-order valence-corrected chi connectivity index (χ4v) is 3.32. The molecule has 1 aromatic rings. The van der Waals surface area contributed by atoms with E-state index in [-0.39, 0.29) is 5.91 Å². The van der Waals surface area contributed by atoms with Gasteiger partial charge in [-0.2, -0.15) is 0 Å². The minimum atomic E-state index is 0.137. The maximum absolute atomic E-state index is 12.9. The Morgan fingerprint density at radius 2 is 1.90 bits per heavy atom. The molecule has 0 aromatic heterocycles. The first-order chi connectivity index (χ1) is 10.0. The lowest BCUT2D eigenvalue weighted by Crippen LogP contribution is -2.42. The number of nitrogens with zero attached hydrogens (tertiary/aromatic N) is 1. The molecule has 0 aliphatic heterocycles. The topological polar surface area (TPSA) is 32.3 Å². The van der Waals surface area contributed by atoms with Crippen LogP contribution in [0.1, 0.15) is 56.8 Å². The number of hydrogen-bond donors (Lipinski definition) is 1. The fourth-order valence-electron chi connectivity index (χ4n) is 3.32. The minimum absolute atomic E-state index is 0.137. The first-order valence-electron chi connectivity index (χ1n) is 8.13. The van der Waals surface area contributed by atoms with E-state index >= 15 is 0 Å². The van der Waals surface area contributed by atoms with Crippen molar-refractivity contribution in [3.63, 3.8) is 0 Å². The molecule has 1 saturated carbocycles. The lowest BCUT2D eigenvalue weighted by Gasteiger charge is -2.36. The number of carbonyl (C=O) groups excluding carboxylic acids is 1. The zero-order chi connectivity index (χ0) is 15.4. The molecule has 1 N–H and O–H groups in total. The molecule has 1 aromatic carbocycles. The maximum atomic E-state index is 12.9. The van der Waals surface area contributed by atoms with Crippen LogP contribution >= 0.6 is 0 Å². The molecule has 116 valence electrons. The van der Waals surface area contributed by atoms with Gasteiger partial charge < -0.3 is 10.2 Å². The van der Waals surface area contributed by atoms with Crippen molar-refractivity contribution < 1.29 is 4.79 Å². The van der Waals surface area contributed by atoms with Gasteiger partial charge in [0.05, 0.1) is 5.56 Å². The van der Waals surface area contributed by atoms with E-state index in [1.165, 1.54) is 19.3 Å². The van der Waals surface area contributed by atoms with Crippen molar-refractivity contribution in [2.45, 2.75) is 58.5 Å². The van der Waals surface area contributed by atoms with Gasteiger partial charge in [0.15, 0.2) is 0 Å². The molecule has 2 rings (SSSR count). The molecule has 21 heavy (non-hydrogen) atoms. The zero-order valence-corrected chi connectivity index (χ0v) is 13.7. The van der Waals surface area contributed by atoms with Crippen molar-refractivity contribution in [2.75, 3.05) is 12.4 Å². The number of anilines is 1. The molecule has 0 saturated heterocycles. The second kappa shape index (κ2) is 6.97. The number of nitrogens with one attached hydrogen (secondary N) is 1. The smallest absolute Gasteiger partial charge is 0.255 e. The third-order valence-corrected chi connectivity index (χ3v) is 4.49. The van der Waals surface area contributed by atoms with Crippen LogP contribution in [0.25, 0.3) is 0 Å². The maximum Gasteiger partial charge on any atom is 0.255 e. The highest BCUT2D eigenvalue weighted by atomic mass is 16.2. The molecule has 0 heterocycles. The largest absolute Gasteiger partial charge is 0.382 e. The quantitative estimate of drug-likeness (QED) is 0.902. The van der Waals surface area contributed by atoms with E-state index in [4.69, 9.17) is 0 Å². The molecule has 0 bridgehead atoms. The first-order valence-corrected chi connectivity index (χ1v) is 8.13. The standard InChI is InChI=1S/C18H28N2O/c1-13(2)19-16-11-7-6-10-15(16)18(21)20(4)17-12-8-5-9-14(17)3/h6-7,10-11,13-14,17,19H,5,8-9,12H2,1-4H3. The second-order valence-corrected chi connectivity index (χ2v) is 6.59. The van der Waals surface area contributed by atoms with Gasteiger partial charge in [-0.05, 0) is 44.7 Å². The number of amides is 1. The number of para-hydroxylation sites is 1. The van der Waals surface area contributed by atoms with E-state index in [2.05, 4.69) is 26.1 Å². The van der Waals surface area contributed by atoms with Crippen molar-refractivity contribution in [2.24, 2.45) is 5.92 Å². The Morgan fingerprint density at radius 3 is 2.57 bits per heavy atom. The molecule has 3 heteroatoms. The molecule has 3 nitrogen and oxygen atoms in total. The normalized spacial score (nSPS) is 22.1. The van der Waals surface area contributed by atoms with Gasteiger partial charge in [0, 0.05) is 24.8 Å². The molecule has 2 unspecified atom stereocenters. The third kappa shape index (κ3) is 3.78. The van der Waals surface area contributed by atoms with Crippen molar-refractivity contribution in [3.8, 4) is 0 Å². The van der Waals surface area contributed by atoms with Gasteiger partial charge in [-0.1, -0.05) is 31.9 Å². The summed E-state index contributed by atoms with van der Waals surface area (Å²) in [7, 11) is 1.96. The van der Waals surface area contributed by atoms with Crippen LogP contribution in [0.5, 0.6) is 0 Å². The number of benzene rings is 1. The predicted octanol–water partition coefficient (Wildman–Crippen LogP) is 4.16. The molecule has 1 aliphatic carbocycles. The summed E-state index contributed by atoms with van der Waals surface area (Å²) in [6.07, 6.45) is 4.89. The highest BCUT2D eigenvalue weighted by molar-refractivity contribution is 5.99. The van der Waals surface area contributed by atoms with E-state index in [1.54, 1.807) is 0 Å². The van der Waals surface area contributed by atoms with Gasteiger partial charge in [0.1, 0.15) is 0 Å². The van der Waals surface area contributed by atoms with E-state index in [9.17, 15) is 4.79 Å². The van der Waals surface area contributed by atoms with Crippen LogP contribution in [0.15, 0.2) is 24.3 Å². The Bertz CT molecular complexity index is 484. The Kier molecular flexibility index (Phi) is 5.27. The van der Waals surface area contributed by atoms with Gasteiger partial charge in [0.25, 0.3) is 5.91 Å². The minimum Gasteiger partial charge on any atom is -0.382 e. The van der Waals surface area contributed by atoms with E-state index in [0.29, 0.717) is 18.0 Å². The molecule has 1 amide bonds. The summed E-state index contributed by atoms with van der Waals surface area (Å²) in [6.45, 7) is 6.45. The summed E-state index contributed by atoms with van der Waals surface area (Å²) in [5, 5.41) is 3.38.